The zero-order chi connectivity index (χ0) is 11.5. The summed E-state index contributed by atoms with van der Waals surface area (Å²) in [6.45, 7) is 9.81. The minimum atomic E-state index is -0.389. The summed E-state index contributed by atoms with van der Waals surface area (Å²) in [5, 5.41) is 3.31. The molecule has 2 atom stereocenters. The maximum absolute atomic E-state index is 11.7. The van der Waals surface area contributed by atoms with Crippen LogP contribution in [0.1, 0.15) is 40.5 Å². The first-order valence-electron chi connectivity index (χ1n) is 5.87. The molecule has 0 amide bonds. The third-order valence-electron chi connectivity index (χ3n) is 2.90. The van der Waals surface area contributed by atoms with Crippen LogP contribution in [0.5, 0.6) is 0 Å². The average Bonchev–Trinajstić information content (AvgIpc) is 2.64. The average molecular weight is 213 g/mol. The summed E-state index contributed by atoms with van der Waals surface area (Å²) in [5.41, 5.74) is -0.389. The van der Waals surface area contributed by atoms with Crippen molar-refractivity contribution < 1.29 is 9.53 Å². The summed E-state index contributed by atoms with van der Waals surface area (Å²) >= 11 is 0. The van der Waals surface area contributed by atoms with Crippen LogP contribution < -0.4 is 5.32 Å². The van der Waals surface area contributed by atoms with E-state index in [1.54, 1.807) is 0 Å². The molecule has 1 N–H and O–H groups in total. The van der Waals surface area contributed by atoms with Crippen molar-refractivity contribution in [3.63, 3.8) is 0 Å². The van der Waals surface area contributed by atoms with Gasteiger partial charge in [-0.3, -0.25) is 4.79 Å². The molecular formula is C12H23NO2. The van der Waals surface area contributed by atoms with Crippen LogP contribution in [0.4, 0.5) is 0 Å². The molecule has 0 aromatic carbocycles. The van der Waals surface area contributed by atoms with Crippen molar-refractivity contribution in [2.75, 3.05) is 13.1 Å². The fourth-order valence-corrected chi connectivity index (χ4v) is 1.82. The molecule has 3 heteroatoms. The van der Waals surface area contributed by atoms with Crippen molar-refractivity contribution in [3.05, 3.63) is 0 Å². The van der Waals surface area contributed by atoms with E-state index in [1.807, 2.05) is 20.8 Å². The van der Waals surface area contributed by atoms with E-state index in [-0.39, 0.29) is 17.5 Å². The molecule has 0 aromatic rings. The van der Waals surface area contributed by atoms with Crippen LogP contribution in [0.3, 0.4) is 0 Å². The van der Waals surface area contributed by atoms with Gasteiger partial charge < -0.3 is 10.1 Å². The van der Waals surface area contributed by atoms with E-state index in [9.17, 15) is 4.79 Å². The molecule has 1 saturated heterocycles. The Morgan fingerprint density at radius 2 is 2.20 bits per heavy atom. The van der Waals surface area contributed by atoms with Crippen LogP contribution in [-0.4, -0.2) is 25.2 Å². The molecule has 1 heterocycles. The first-order valence-corrected chi connectivity index (χ1v) is 5.87. The lowest BCUT2D eigenvalue weighted by Crippen LogP contribution is -2.33. The van der Waals surface area contributed by atoms with E-state index in [2.05, 4.69) is 12.2 Å². The van der Waals surface area contributed by atoms with E-state index in [1.165, 1.54) is 0 Å². The Balaban J connectivity index is 2.49. The summed E-state index contributed by atoms with van der Waals surface area (Å²) in [6.07, 6.45) is 2.12. The number of esters is 1. The summed E-state index contributed by atoms with van der Waals surface area (Å²) in [5.74, 6) is 0.419. The molecule has 0 aromatic heterocycles. The number of rotatable bonds is 3. The van der Waals surface area contributed by atoms with Gasteiger partial charge in [-0.2, -0.15) is 0 Å². The molecule has 1 unspecified atom stereocenters. The molecule has 3 nitrogen and oxygen atoms in total. The maximum atomic E-state index is 11.7. The molecule has 88 valence electrons. The minimum absolute atomic E-state index is 0.0822. The van der Waals surface area contributed by atoms with Gasteiger partial charge in [-0.15, -0.1) is 0 Å². The Labute approximate surface area is 92.6 Å². The van der Waals surface area contributed by atoms with Gasteiger partial charge in [0.15, 0.2) is 0 Å². The van der Waals surface area contributed by atoms with Gasteiger partial charge in [0.05, 0.1) is 5.41 Å². The predicted molar refractivity (Wildman–Crippen MR) is 60.6 cm³/mol. The van der Waals surface area contributed by atoms with Crippen molar-refractivity contribution in [1.82, 2.24) is 5.32 Å². The maximum Gasteiger partial charge on any atom is 0.311 e. The van der Waals surface area contributed by atoms with Gasteiger partial charge in [0.25, 0.3) is 0 Å². The van der Waals surface area contributed by atoms with E-state index in [0.29, 0.717) is 5.92 Å². The Bertz CT molecular complexity index is 214. The number of carbonyl (C=O) groups excluding carboxylic acids is 1. The van der Waals surface area contributed by atoms with Gasteiger partial charge >= 0.3 is 5.97 Å². The zero-order valence-corrected chi connectivity index (χ0v) is 10.3. The van der Waals surface area contributed by atoms with Crippen molar-refractivity contribution in [2.24, 2.45) is 11.3 Å². The molecule has 0 radical (unpaired) electrons. The Kier molecular flexibility index (Phi) is 4.14. The second kappa shape index (κ2) is 4.97. The lowest BCUT2D eigenvalue weighted by molar-refractivity contribution is -0.161. The molecule has 1 rings (SSSR count). The number of ether oxygens (including phenoxy) is 1. The molecule has 0 saturated carbocycles. The highest BCUT2D eigenvalue weighted by Crippen LogP contribution is 2.23. The highest BCUT2D eigenvalue weighted by molar-refractivity contribution is 5.75. The van der Waals surface area contributed by atoms with Crippen LogP contribution in [0.2, 0.25) is 0 Å². The van der Waals surface area contributed by atoms with E-state index in [0.717, 1.165) is 25.9 Å². The molecule has 15 heavy (non-hydrogen) atoms. The van der Waals surface area contributed by atoms with Gasteiger partial charge in [-0.05, 0) is 40.2 Å². The minimum Gasteiger partial charge on any atom is -0.462 e. The summed E-state index contributed by atoms with van der Waals surface area (Å²) in [6, 6.07) is 0. The molecule has 0 aliphatic carbocycles. The number of hydrogen-bond acceptors (Lipinski definition) is 3. The quantitative estimate of drug-likeness (QED) is 0.728. The Morgan fingerprint density at radius 3 is 2.60 bits per heavy atom. The summed E-state index contributed by atoms with van der Waals surface area (Å²) in [7, 11) is 0. The van der Waals surface area contributed by atoms with Gasteiger partial charge in [0.1, 0.15) is 6.10 Å². The zero-order valence-electron chi connectivity index (χ0n) is 10.3. The molecule has 1 aliphatic rings. The summed E-state index contributed by atoms with van der Waals surface area (Å²) in [4.78, 5) is 11.7. The Hall–Kier alpha value is -0.570. The molecule has 0 spiro atoms. The summed E-state index contributed by atoms with van der Waals surface area (Å²) < 4.78 is 5.57. The highest BCUT2D eigenvalue weighted by Gasteiger charge is 2.30. The third-order valence-corrected chi connectivity index (χ3v) is 2.90. The molecule has 1 aliphatic heterocycles. The van der Waals surface area contributed by atoms with E-state index < -0.39 is 0 Å². The number of hydrogen-bond donors (Lipinski definition) is 1. The topological polar surface area (TPSA) is 38.3 Å². The normalized spacial score (nSPS) is 23.9. The lowest BCUT2D eigenvalue weighted by atomic mass is 9.95. The SMILES string of the molecule is CCC(OC(=O)C(C)(C)C)[C@H]1CCNC1. The fourth-order valence-electron chi connectivity index (χ4n) is 1.82. The van der Waals surface area contributed by atoms with Crippen molar-refractivity contribution in [1.29, 1.82) is 0 Å². The monoisotopic (exact) mass is 213 g/mol. The fraction of sp³-hybridized carbons (Fsp3) is 0.917. The Morgan fingerprint density at radius 1 is 1.53 bits per heavy atom. The van der Waals surface area contributed by atoms with Crippen molar-refractivity contribution >= 4 is 5.97 Å². The molecular weight excluding hydrogens is 190 g/mol. The van der Waals surface area contributed by atoms with Gasteiger partial charge in [0.2, 0.25) is 0 Å². The van der Waals surface area contributed by atoms with Gasteiger partial charge in [0, 0.05) is 12.5 Å². The van der Waals surface area contributed by atoms with Gasteiger partial charge in [-0.1, -0.05) is 6.92 Å². The lowest BCUT2D eigenvalue weighted by Gasteiger charge is -2.26. The van der Waals surface area contributed by atoms with Crippen molar-refractivity contribution in [3.8, 4) is 0 Å². The van der Waals surface area contributed by atoms with E-state index >= 15 is 0 Å². The highest BCUT2D eigenvalue weighted by atomic mass is 16.5. The van der Waals surface area contributed by atoms with Gasteiger partial charge in [-0.25, -0.2) is 0 Å². The van der Waals surface area contributed by atoms with Crippen LogP contribution in [0.15, 0.2) is 0 Å². The third kappa shape index (κ3) is 3.49. The second-order valence-corrected chi connectivity index (χ2v) is 5.35. The van der Waals surface area contributed by atoms with Crippen molar-refractivity contribution in [2.45, 2.75) is 46.6 Å². The molecule has 0 bridgehead atoms. The first kappa shape index (κ1) is 12.5. The van der Waals surface area contributed by atoms with E-state index in [4.69, 9.17) is 4.74 Å². The van der Waals surface area contributed by atoms with Crippen LogP contribution in [-0.2, 0) is 9.53 Å². The predicted octanol–water partition coefficient (Wildman–Crippen LogP) is 1.96. The van der Waals surface area contributed by atoms with Crippen LogP contribution in [0.25, 0.3) is 0 Å². The largest absolute Gasteiger partial charge is 0.462 e. The second-order valence-electron chi connectivity index (χ2n) is 5.35. The standard InChI is InChI=1S/C12H23NO2/c1-5-10(9-6-7-13-8-9)15-11(14)12(2,3)4/h9-10,13H,5-8H2,1-4H3/t9-,10?/m0/s1. The smallest absolute Gasteiger partial charge is 0.311 e. The number of nitrogens with one attached hydrogen (secondary N) is 1. The van der Waals surface area contributed by atoms with Crippen LogP contribution >= 0.6 is 0 Å². The van der Waals surface area contributed by atoms with Crippen LogP contribution in [0, 0.1) is 11.3 Å². The molecule has 1 fully saturated rings. The first-order chi connectivity index (χ1) is 6.95. The number of carbonyl (C=O) groups is 1.